The van der Waals surface area contributed by atoms with Gasteiger partial charge in [-0.1, -0.05) is 12.1 Å². The number of thiophene rings is 1. The fraction of sp³-hybridized carbons (Fsp3) is 0.200. The second-order valence-corrected chi connectivity index (χ2v) is 7.54. The highest BCUT2D eigenvalue weighted by Gasteiger charge is 2.26. The highest BCUT2D eigenvalue weighted by molar-refractivity contribution is 7.16. The van der Waals surface area contributed by atoms with Crippen LogP contribution in [0.4, 0.5) is 5.00 Å². The maximum Gasteiger partial charge on any atom is 0.292 e. The second kappa shape index (κ2) is 6.94. The molecule has 0 fully saturated rings. The summed E-state index contributed by atoms with van der Waals surface area (Å²) < 4.78 is 5.56. The number of nitriles is 1. The first-order valence-electron chi connectivity index (χ1n) is 8.62. The third-order valence-electron chi connectivity index (χ3n) is 4.70. The molecule has 0 unspecified atom stereocenters. The zero-order valence-electron chi connectivity index (χ0n) is 14.9. The lowest BCUT2D eigenvalue weighted by molar-refractivity contribution is -0.129. The Morgan fingerprint density at radius 2 is 2.11 bits per heavy atom. The quantitative estimate of drug-likeness (QED) is 0.721. The van der Waals surface area contributed by atoms with E-state index >= 15 is 0 Å². The topological polar surface area (TPSA) is 103 Å². The van der Waals surface area contributed by atoms with Gasteiger partial charge in [0.2, 0.25) is 5.91 Å². The summed E-state index contributed by atoms with van der Waals surface area (Å²) in [6.45, 7) is 2.47. The molecule has 28 heavy (non-hydrogen) atoms. The zero-order valence-corrected chi connectivity index (χ0v) is 15.8. The minimum Gasteiger partial charge on any atom is -0.451 e. The van der Waals surface area contributed by atoms with E-state index in [0.29, 0.717) is 41.0 Å². The molecule has 0 saturated carbocycles. The lowest BCUT2D eigenvalue weighted by Gasteiger charge is -2.25. The van der Waals surface area contributed by atoms with E-state index in [4.69, 9.17) is 4.42 Å². The Kier molecular flexibility index (Phi) is 4.45. The van der Waals surface area contributed by atoms with Crippen molar-refractivity contribution in [3.8, 4) is 6.07 Å². The summed E-state index contributed by atoms with van der Waals surface area (Å²) in [4.78, 5) is 39.1. The molecule has 7 nitrogen and oxygen atoms in total. The van der Waals surface area contributed by atoms with Crippen molar-refractivity contribution in [2.45, 2.75) is 19.9 Å². The van der Waals surface area contributed by atoms with E-state index in [1.807, 2.05) is 0 Å². The molecule has 1 aliphatic rings. The number of rotatable bonds is 2. The van der Waals surface area contributed by atoms with Gasteiger partial charge in [-0.15, -0.1) is 11.3 Å². The van der Waals surface area contributed by atoms with Crippen molar-refractivity contribution in [2.24, 2.45) is 0 Å². The Bertz CT molecular complexity index is 1220. The monoisotopic (exact) mass is 393 g/mol. The SMILES string of the molecule is CC(=O)N1CCc2c(sc(NC(=O)c3cc(=O)c4ccccc4o3)c2C#N)C1. The maximum absolute atomic E-state index is 12.7. The average Bonchev–Trinajstić information content (AvgIpc) is 3.03. The van der Waals surface area contributed by atoms with Crippen LogP contribution < -0.4 is 10.7 Å². The van der Waals surface area contributed by atoms with Crippen molar-refractivity contribution in [3.63, 3.8) is 0 Å². The number of hydrogen-bond donors (Lipinski definition) is 1. The Morgan fingerprint density at radius 3 is 2.86 bits per heavy atom. The van der Waals surface area contributed by atoms with Crippen LogP contribution in [0.3, 0.4) is 0 Å². The summed E-state index contributed by atoms with van der Waals surface area (Å²) in [6.07, 6.45) is 0.565. The predicted octanol–water partition coefficient (Wildman–Crippen LogP) is 2.88. The lowest BCUT2D eigenvalue weighted by atomic mass is 10.0. The number of amides is 2. The van der Waals surface area contributed by atoms with Crippen molar-refractivity contribution in [2.75, 3.05) is 11.9 Å². The minimum atomic E-state index is -0.596. The van der Waals surface area contributed by atoms with Crippen LogP contribution in [0, 0.1) is 11.3 Å². The van der Waals surface area contributed by atoms with Crippen LogP contribution in [0.2, 0.25) is 0 Å². The molecule has 8 heteroatoms. The second-order valence-electron chi connectivity index (χ2n) is 6.44. The highest BCUT2D eigenvalue weighted by atomic mass is 32.1. The van der Waals surface area contributed by atoms with Gasteiger partial charge in [0.15, 0.2) is 11.2 Å². The number of benzene rings is 1. The number of para-hydroxylation sites is 1. The smallest absolute Gasteiger partial charge is 0.292 e. The number of hydrogen-bond acceptors (Lipinski definition) is 6. The Balaban J connectivity index is 1.67. The number of carbonyl (C=O) groups excluding carboxylic acids is 2. The molecule has 2 aromatic heterocycles. The van der Waals surface area contributed by atoms with Crippen LogP contribution in [0.25, 0.3) is 11.0 Å². The number of nitrogens with one attached hydrogen (secondary N) is 1. The molecule has 3 heterocycles. The van der Waals surface area contributed by atoms with Crippen LogP contribution in [-0.4, -0.2) is 23.3 Å². The molecular weight excluding hydrogens is 378 g/mol. The van der Waals surface area contributed by atoms with Crippen LogP contribution in [0.1, 0.15) is 33.5 Å². The van der Waals surface area contributed by atoms with Crippen LogP contribution >= 0.6 is 11.3 Å². The molecule has 3 aromatic rings. The van der Waals surface area contributed by atoms with Gasteiger partial charge in [-0.3, -0.25) is 14.4 Å². The van der Waals surface area contributed by atoms with Crippen molar-refractivity contribution in [1.29, 1.82) is 5.26 Å². The van der Waals surface area contributed by atoms with E-state index < -0.39 is 5.91 Å². The summed E-state index contributed by atoms with van der Waals surface area (Å²) in [6, 6.07) is 9.98. The van der Waals surface area contributed by atoms with Gasteiger partial charge >= 0.3 is 0 Å². The molecule has 1 aromatic carbocycles. The molecular formula is C20H15N3O4S. The minimum absolute atomic E-state index is 0.0268. The van der Waals surface area contributed by atoms with E-state index in [0.717, 1.165) is 16.5 Å². The molecule has 1 aliphatic heterocycles. The normalized spacial score (nSPS) is 13.1. The van der Waals surface area contributed by atoms with Gasteiger partial charge in [-0.2, -0.15) is 5.26 Å². The molecule has 0 bridgehead atoms. The van der Waals surface area contributed by atoms with Gasteiger partial charge in [0, 0.05) is 24.4 Å². The molecule has 0 radical (unpaired) electrons. The first kappa shape index (κ1) is 17.9. The summed E-state index contributed by atoms with van der Waals surface area (Å²) >= 11 is 1.27. The standard InChI is InChI=1S/C20H15N3O4S/c1-11(24)23-7-6-12-14(9-21)20(28-18(12)10-23)22-19(26)17-8-15(25)13-4-2-3-5-16(13)27-17/h2-5,8H,6-7,10H2,1H3,(H,22,26). The van der Waals surface area contributed by atoms with Crippen molar-refractivity contribution >= 4 is 39.1 Å². The fourth-order valence-electron chi connectivity index (χ4n) is 3.26. The van der Waals surface area contributed by atoms with Gasteiger partial charge in [0.05, 0.1) is 17.5 Å². The number of fused-ring (bicyclic) bond motifs is 2. The van der Waals surface area contributed by atoms with Crippen LogP contribution in [0.5, 0.6) is 0 Å². The average molecular weight is 393 g/mol. The number of carbonyl (C=O) groups is 2. The zero-order chi connectivity index (χ0) is 19.8. The third kappa shape index (κ3) is 3.06. The first-order valence-corrected chi connectivity index (χ1v) is 9.44. The Labute approximate surface area is 163 Å². The van der Waals surface area contributed by atoms with E-state index in [1.165, 1.54) is 18.3 Å². The van der Waals surface area contributed by atoms with Crippen molar-refractivity contribution in [3.05, 3.63) is 62.3 Å². The van der Waals surface area contributed by atoms with Crippen molar-refractivity contribution in [1.82, 2.24) is 4.90 Å². The lowest BCUT2D eigenvalue weighted by Crippen LogP contribution is -2.33. The third-order valence-corrected chi connectivity index (χ3v) is 5.83. The van der Waals surface area contributed by atoms with Gasteiger partial charge in [0.1, 0.15) is 16.7 Å². The van der Waals surface area contributed by atoms with Gasteiger partial charge in [0.25, 0.3) is 5.91 Å². The van der Waals surface area contributed by atoms with Crippen molar-refractivity contribution < 1.29 is 14.0 Å². The fourth-order valence-corrected chi connectivity index (χ4v) is 4.47. The molecule has 1 N–H and O–H groups in total. The van der Waals surface area contributed by atoms with Crippen LogP contribution in [0.15, 0.2) is 39.5 Å². The summed E-state index contributed by atoms with van der Waals surface area (Å²) in [5.41, 5.74) is 1.28. The Hall–Kier alpha value is -3.44. The highest BCUT2D eigenvalue weighted by Crippen LogP contribution is 2.36. The molecule has 140 valence electrons. The van der Waals surface area contributed by atoms with E-state index in [9.17, 15) is 19.6 Å². The molecule has 0 saturated heterocycles. The van der Waals surface area contributed by atoms with E-state index in [1.54, 1.807) is 29.2 Å². The van der Waals surface area contributed by atoms with Crippen LogP contribution in [-0.2, 0) is 17.8 Å². The number of anilines is 1. The summed E-state index contributed by atoms with van der Waals surface area (Å²) in [7, 11) is 0. The van der Waals surface area contributed by atoms with Gasteiger partial charge in [-0.05, 0) is 24.1 Å². The molecule has 4 rings (SSSR count). The summed E-state index contributed by atoms with van der Waals surface area (Å²) in [5, 5.41) is 13.0. The molecule has 0 atom stereocenters. The molecule has 0 spiro atoms. The van der Waals surface area contributed by atoms with Gasteiger partial charge < -0.3 is 14.6 Å². The first-order chi connectivity index (χ1) is 13.5. The largest absolute Gasteiger partial charge is 0.451 e. The number of nitrogens with zero attached hydrogens (tertiary/aromatic N) is 2. The van der Waals surface area contributed by atoms with E-state index in [2.05, 4.69) is 11.4 Å². The Morgan fingerprint density at radius 1 is 1.32 bits per heavy atom. The maximum atomic E-state index is 12.7. The van der Waals surface area contributed by atoms with E-state index in [-0.39, 0.29) is 17.1 Å². The van der Waals surface area contributed by atoms with Gasteiger partial charge in [-0.25, -0.2) is 0 Å². The molecule has 2 amide bonds. The predicted molar refractivity (Wildman–Crippen MR) is 104 cm³/mol. The molecule has 0 aliphatic carbocycles. The summed E-state index contributed by atoms with van der Waals surface area (Å²) in [5.74, 6) is -0.744.